The maximum atomic E-state index is 12.1. The fourth-order valence-electron chi connectivity index (χ4n) is 1.70. The summed E-state index contributed by atoms with van der Waals surface area (Å²) in [5, 5.41) is 11.5. The van der Waals surface area contributed by atoms with Gasteiger partial charge in [-0.05, 0) is 49.7 Å². The van der Waals surface area contributed by atoms with Crippen LogP contribution in [-0.2, 0) is 4.79 Å². The van der Waals surface area contributed by atoms with E-state index in [9.17, 15) is 4.79 Å². The Hall–Kier alpha value is -2.87. The fourth-order valence-corrected chi connectivity index (χ4v) is 1.70. The minimum absolute atomic E-state index is 0.277. The first-order chi connectivity index (χ1) is 10.1. The number of hydrogen-bond donors (Lipinski definition) is 1. The van der Waals surface area contributed by atoms with Gasteiger partial charge < -0.3 is 10.1 Å². The van der Waals surface area contributed by atoms with Crippen molar-refractivity contribution in [2.45, 2.75) is 20.0 Å². The van der Waals surface area contributed by atoms with Gasteiger partial charge in [0.15, 0.2) is 6.10 Å². The van der Waals surface area contributed by atoms with Gasteiger partial charge in [0.05, 0.1) is 11.6 Å². The zero-order valence-corrected chi connectivity index (χ0v) is 11.8. The first-order valence-corrected chi connectivity index (χ1v) is 6.49. The number of carbonyl (C=O) groups excluding carboxylic acids is 1. The SMILES string of the molecule is Cc1cccnc1NC(=O)[C@@H](C)Oc1ccc(C#N)cc1. The second-order valence-electron chi connectivity index (χ2n) is 4.55. The Kier molecular flexibility index (Phi) is 4.52. The number of aryl methyl sites for hydroxylation is 1. The van der Waals surface area contributed by atoms with Crippen molar-refractivity contribution in [3.63, 3.8) is 0 Å². The first-order valence-electron chi connectivity index (χ1n) is 6.49. The van der Waals surface area contributed by atoms with E-state index in [0.717, 1.165) is 5.56 Å². The fraction of sp³-hybridized carbons (Fsp3) is 0.188. The van der Waals surface area contributed by atoms with E-state index in [1.54, 1.807) is 37.4 Å². The number of nitriles is 1. The maximum Gasteiger partial charge on any atom is 0.266 e. The number of pyridine rings is 1. The number of benzene rings is 1. The second-order valence-corrected chi connectivity index (χ2v) is 4.55. The summed E-state index contributed by atoms with van der Waals surface area (Å²) in [5.74, 6) is 0.785. The Balaban J connectivity index is 1.99. The molecule has 1 amide bonds. The van der Waals surface area contributed by atoms with Crippen LogP contribution < -0.4 is 10.1 Å². The molecule has 2 rings (SSSR count). The average molecular weight is 281 g/mol. The topological polar surface area (TPSA) is 75.0 Å². The van der Waals surface area contributed by atoms with Crippen LogP contribution in [0.2, 0.25) is 0 Å². The van der Waals surface area contributed by atoms with E-state index < -0.39 is 6.10 Å². The molecular weight excluding hydrogens is 266 g/mol. The predicted octanol–water partition coefficient (Wildman–Crippen LogP) is 2.67. The highest BCUT2D eigenvalue weighted by atomic mass is 16.5. The molecule has 0 aliphatic carbocycles. The smallest absolute Gasteiger partial charge is 0.266 e. The largest absolute Gasteiger partial charge is 0.481 e. The molecule has 0 aliphatic heterocycles. The number of carbonyl (C=O) groups is 1. The van der Waals surface area contributed by atoms with Gasteiger partial charge in [-0.15, -0.1) is 0 Å². The molecule has 0 unspecified atom stereocenters. The standard InChI is InChI=1S/C16H15N3O2/c1-11-4-3-9-18-15(11)19-16(20)12(2)21-14-7-5-13(10-17)6-8-14/h3-9,12H,1-2H3,(H,18,19,20)/t12-/m1/s1. The molecule has 1 N–H and O–H groups in total. The molecule has 0 saturated carbocycles. The third kappa shape index (κ3) is 3.80. The van der Waals surface area contributed by atoms with Crippen LogP contribution in [0.4, 0.5) is 5.82 Å². The van der Waals surface area contributed by atoms with Crippen LogP contribution in [0, 0.1) is 18.3 Å². The van der Waals surface area contributed by atoms with E-state index in [1.807, 2.05) is 25.1 Å². The molecule has 0 fully saturated rings. The molecule has 5 nitrogen and oxygen atoms in total. The van der Waals surface area contributed by atoms with E-state index in [4.69, 9.17) is 10.00 Å². The number of hydrogen-bond acceptors (Lipinski definition) is 4. The van der Waals surface area contributed by atoms with Gasteiger partial charge in [-0.25, -0.2) is 4.98 Å². The third-order valence-corrected chi connectivity index (χ3v) is 2.92. The van der Waals surface area contributed by atoms with Crippen molar-refractivity contribution in [3.05, 3.63) is 53.7 Å². The number of aromatic nitrogens is 1. The number of nitrogens with zero attached hydrogens (tertiary/aromatic N) is 2. The number of nitrogens with one attached hydrogen (secondary N) is 1. The van der Waals surface area contributed by atoms with Crippen LogP contribution in [0.3, 0.4) is 0 Å². The molecule has 0 bridgehead atoms. The molecule has 0 aliphatic rings. The molecule has 5 heteroatoms. The normalized spacial score (nSPS) is 11.3. The minimum atomic E-state index is -0.667. The van der Waals surface area contributed by atoms with Crippen LogP contribution in [0.5, 0.6) is 5.75 Å². The van der Waals surface area contributed by atoms with Crippen LogP contribution in [-0.4, -0.2) is 17.0 Å². The van der Waals surface area contributed by atoms with Crippen molar-refractivity contribution in [2.75, 3.05) is 5.32 Å². The summed E-state index contributed by atoms with van der Waals surface area (Å²) in [6, 6.07) is 12.3. The Morgan fingerprint density at radius 3 is 2.67 bits per heavy atom. The van der Waals surface area contributed by atoms with Crippen LogP contribution >= 0.6 is 0 Å². The lowest BCUT2D eigenvalue weighted by Crippen LogP contribution is -2.30. The monoisotopic (exact) mass is 281 g/mol. The van der Waals surface area contributed by atoms with E-state index in [0.29, 0.717) is 17.1 Å². The van der Waals surface area contributed by atoms with Gasteiger partial charge in [-0.2, -0.15) is 5.26 Å². The van der Waals surface area contributed by atoms with Gasteiger partial charge in [-0.1, -0.05) is 6.07 Å². The minimum Gasteiger partial charge on any atom is -0.481 e. The van der Waals surface area contributed by atoms with E-state index in [2.05, 4.69) is 10.3 Å². The van der Waals surface area contributed by atoms with Gasteiger partial charge in [0.2, 0.25) is 0 Å². The van der Waals surface area contributed by atoms with Gasteiger partial charge in [0.1, 0.15) is 11.6 Å². The first kappa shape index (κ1) is 14.5. The summed E-state index contributed by atoms with van der Waals surface area (Å²) >= 11 is 0. The van der Waals surface area contributed by atoms with Gasteiger partial charge >= 0.3 is 0 Å². The van der Waals surface area contributed by atoms with Crippen molar-refractivity contribution < 1.29 is 9.53 Å². The van der Waals surface area contributed by atoms with E-state index >= 15 is 0 Å². The summed E-state index contributed by atoms with van der Waals surface area (Å²) in [6.07, 6.45) is 0.953. The lowest BCUT2D eigenvalue weighted by molar-refractivity contribution is -0.122. The average Bonchev–Trinajstić information content (AvgIpc) is 2.50. The molecule has 21 heavy (non-hydrogen) atoms. The van der Waals surface area contributed by atoms with Gasteiger partial charge in [-0.3, -0.25) is 4.79 Å². The summed E-state index contributed by atoms with van der Waals surface area (Å²) in [7, 11) is 0. The predicted molar refractivity (Wildman–Crippen MR) is 78.9 cm³/mol. The number of ether oxygens (including phenoxy) is 1. The van der Waals surface area contributed by atoms with Crippen molar-refractivity contribution >= 4 is 11.7 Å². The van der Waals surface area contributed by atoms with Crippen molar-refractivity contribution in [2.24, 2.45) is 0 Å². The maximum absolute atomic E-state index is 12.1. The molecule has 0 saturated heterocycles. The lowest BCUT2D eigenvalue weighted by atomic mass is 10.2. The summed E-state index contributed by atoms with van der Waals surface area (Å²) in [4.78, 5) is 16.2. The zero-order chi connectivity index (χ0) is 15.2. The zero-order valence-electron chi connectivity index (χ0n) is 11.8. The number of rotatable bonds is 4. The van der Waals surface area contributed by atoms with Crippen molar-refractivity contribution in [1.82, 2.24) is 4.98 Å². The highest BCUT2D eigenvalue weighted by molar-refractivity contribution is 5.93. The quantitative estimate of drug-likeness (QED) is 0.934. The molecule has 1 aromatic carbocycles. The number of amides is 1. The summed E-state index contributed by atoms with van der Waals surface area (Å²) < 4.78 is 5.54. The van der Waals surface area contributed by atoms with Crippen LogP contribution in [0.25, 0.3) is 0 Å². The second kappa shape index (κ2) is 6.53. The van der Waals surface area contributed by atoms with Crippen LogP contribution in [0.15, 0.2) is 42.6 Å². The molecule has 1 heterocycles. The highest BCUT2D eigenvalue weighted by Crippen LogP contribution is 2.15. The van der Waals surface area contributed by atoms with E-state index in [-0.39, 0.29) is 5.91 Å². The number of anilines is 1. The van der Waals surface area contributed by atoms with Crippen LogP contribution in [0.1, 0.15) is 18.1 Å². The Morgan fingerprint density at radius 2 is 2.05 bits per heavy atom. The highest BCUT2D eigenvalue weighted by Gasteiger charge is 2.16. The molecule has 1 atom stereocenters. The molecule has 2 aromatic rings. The lowest BCUT2D eigenvalue weighted by Gasteiger charge is -2.15. The molecular formula is C16H15N3O2. The van der Waals surface area contributed by atoms with Gasteiger partial charge in [0, 0.05) is 6.20 Å². The third-order valence-electron chi connectivity index (χ3n) is 2.92. The van der Waals surface area contributed by atoms with Gasteiger partial charge in [0.25, 0.3) is 5.91 Å². The van der Waals surface area contributed by atoms with Crippen molar-refractivity contribution in [1.29, 1.82) is 5.26 Å². The van der Waals surface area contributed by atoms with E-state index in [1.165, 1.54) is 0 Å². The molecule has 0 spiro atoms. The Labute approximate surface area is 123 Å². The summed E-state index contributed by atoms with van der Waals surface area (Å²) in [6.45, 7) is 3.53. The molecule has 0 radical (unpaired) electrons. The molecule has 106 valence electrons. The Bertz CT molecular complexity index is 675. The summed E-state index contributed by atoms with van der Waals surface area (Å²) in [5.41, 5.74) is 1.43. The van der Waals surface area contributed by atoms with Crippen molar-refractivity contribution in [3.8, 4) is 11.8 Å². The Morgan fingerprint density at radius 1 is 1.33 bits per heavy atom. The molecule has 1 aromatic heterocycles.